The third-order valence-corrected chi connectivity index (χ3v) is 4.59. The van der Waals surface area contributed by atoms with E-state index >= 15 is 0 Å². The lowest BCUT2D eigenvalue weighted by Gasteiger charge is -2.01. The molecule has 0 spiro atoms. The van der Waals surface area contributed by atoms with Crippen molar-refractivity contribution in [2.24, 2.45) is 7.05 Å². The number of nitrogens with one attached hydrogen (secondary N) is 1. The zero-order valence-corrected chi connectivity index (χ0v) is 16.4. The van der Waals surface area contributed by atoms with Gasteiger partial charge in [0.05, 0.1) is 17.3 Å². The largest absolute Gasteiger partial charge is 0.385 e. The molecule has 0 aliphatic rings. The van der Waals surface area contributed by atoms with E-state index in [1.807, 2.05) is 45.2 Å². The molecule has 8 nitrogen and oxygen atoms in total. The van der Waals surface area contributed by atoms with E-state index in [0.29, 0.717) is 17.2 Å². The second-order valence-electron chi connectivity index (χ2n) is 6.79. The van der Waals surface area contributed by atoms with Crippen LogP contribution < -0.4 is 5.73 Å². The first-order valence-electron chi connectivity index (χ1n) is 9.06. The number of rotatable bonds is 2. The van der Waals surface area contributed by atoms with Gasteiger partial charge in [0.25, 0.3) is 0 Å². The van der Waals surface area contributed by atoms with E-state index in [2.05, 4.69) is 26.2 Å². The van der Waals surface area contributed by atoms with Crippen LogP contribution in [-0.2, 0) is 7.05 Å². The van der Waals surface area contributed by atoms with Crippen LogP contribution >= 0.6 is 0 Å². The predicted molar refractivity (Wildman–Crippen MR) is 112 cm³/mol. The first kappa shape index (κ1) is 18.3. The lowest BCUT2D eigenvalue weighted by molar-refractivity contribution is 0.790. The van der Waals surface area contributed by atoms with Crippen LogP contribution in [0.5, 0.6) is 0 Å². The number of fused-ring (bicyclic) bond motifs is 1. The summed E-state index contributed by atoms with van der Waals surface area (Å²) < 4.78 is 3.49. The van der Waals surface area contributed by atoms with Crippen LogP contribution in [0.1, 0.15) is 17.0 Å². The number of nitrogen functional groups attached to an aromatic ring is 1. The van der Waals surface area contributed by atoms with Crippen molar-refractivity contribution in [3.05, 3.63) is 65.6 Å². The minimum absolute atomic E-state index is 0.427. The van der Waals surface area contributed by atoms with Gasteiger partial charge in [-0.3, -0.25) is 4.68 Å². The maximum Gasteiger partial charge on any atom is 0.157 e. The third-order valence-electron chi connectivity index (χ3n) is 4.59. The highest BCUT2D eigenvalue weighted by Gasteiger charge is 2.11. The van der Waals surface area contributed by atoms with Crippen molar-refractivity contribution >= 4 is 16.9 Å². The quantitative estimate of drug-likeness (QED) is 0.550. The molecule has 3 aromatic heterocycles. The van der Waals surface area contributed by atoms with E-state index in [9.17, 15) is 0 Å². The molecule has 0 amide bonds. The summed E-state index contributed by atoms with van der Waals surface area (Å²) in [5.74, 6) is 1.04. The summed E-state index contributed by atoms with van der Waals surface area (Å²) in [5, 5.41) is 19.0. The molecule has 0 saturated carbocycles. The Morgan fingerprint density at radius 3 is 2.48 bits per heavy atom. The van der Waals surface area contributed by atoms with Gasteiger partial charge in [-0.15, -0.1) is 0 Å². The molecule has 3 heterocycles. The average molecular weight is 384 g/mol. The molecule has 29 heavy (non-hydrogen) atoms. The molecule has 4 rings (SSSR count). The van der Waals surface area contributed by atoms with Crippen LogP contribution in [0.2, 0.25) is 0 Å². The number of aromatic amines is 1. The number of hydrogen-bond donors (Lipinski definition) is 2. The molecule has 8 heteroatoms. The predicted octanol–water partition coefficient (Wildman–Crippen LogP) is 3.34. The number of anilines is 1. The summed E-state index contributed by atoms with van der Waals surface area (Å²) in [6.07, 6.45) is 1.72. The topological polar surface area (TPSA) is 114 Å². The molecule has 0 aliphatic carbocycles. The van der Waals surface area contributed by atoms with Gasteiger partial charge in [-0.05, 0) is 38.1 Å². The van der Waals surface area contributed by atoms with E-state index < -0.39 is 0 Å². The Hall–Kier alpha value is -4.12. The third kappa shape index (κ3) is 3.41. The molecular weight excluding hydrogens is 364 g/mol. The van der Waals surface area contributed by atoms with Crippen molar-refractivity contribution in [1.29, 1.82) is 5.26 Å². The number of H-pyrrole nitrogens is 1. The molecule has 0 fully saturated rings. The van der Waals surface area contributed by atoms with E-state index in [4.69, 9.17) is 11.0 Å². The molecule has 0 unspecified atom stereocenters. The summed E-state index contributed by atoms with van der Waals surface area (Å²) in [6.45, 7) is 3.91. The van der Waals surface area contributed by atoms with Crippen LogP contribution in [0.25, 0.3) is 28.1 Å². The monoisotopic (exact) mass is 384 g/mol. The summed E-state index contributed by atoms with van der Waals surface area (Å²) >= 11 is 0. The lowest BCUT2D eigenvalue weighted by Crippen LogP contribution is -2.01. The SMILES string of the molecule is Cc1cc(C)n(-c2cc(N)[nH]c3c(ccn2)c(-c2ccc(C#N)cc2)nn3C)n1. The van der Waals surface area contributed by atoms with E-state index in [1.165, 1.54) is 0 Å². The van der Waals surface area contributed by atoms with Crippen LogP contribution in [0.4, 0.5) is 5.82 Å². The Labute approximate surface area is 167 Å². The summed E-state index contributed by atoms with van der Waals surface area (Å²) in [6, 6.07) is 15.1. The summed E-state index contributed by atoms with van der Waals surface area (Å²) in [4.78, 5) is 7.79. The normalized spacial score (nSPS) is 10.7. The fourth-order valence-corrected chi connectivity index (χ4v) is 3.28. The Balaban J connectivity index is 1.95. The highest BCUT2D eigenvalue weighted by Crippen LogP contribution is 2.26. The van der Waals surface area contributed by atoms with Gasteiger partial charge in [-0.2, -0.15) is 15.5 Å². The van der Waals surface area contributed by atoms with Crippen molar-refractivity contribution in [1.82, 2.24) is 29.5 Å². The number of aromatic nitrogens is 6. The first-order chi connectivity index (χ1) is 14.0. The Morgan fingerprint density at radius 2 is 1.83 bits per heavy atom. The van der Waals surface area contributed by atoms with Crippen molar-refractivity contribution in [2.75, 3.05) is 5.73 Å². The molecule has 0 atom stereocenters. The van der Waals surface area contributed by atoms with E-state index in [0.717, 1.165) is 33.7 Å². The molecule has 144 valence electrons. The fraction of sp³-hybridized carbons (Fsp3) is 0.143. The van der Waals surface area contributed by atoms with Crippen LogP contribution in [0.3, 0.4) is 0 Å². The number of hydrogen-bond acceptors (Lipinski definition) is 5. The Morgan fingerprint density at radius 1 is 1.07 bits per heavy atom. The highest BCUT2D eigenvalue weighted by atomic mass is 15.3. The molecule has 0 saturated heterocycles. The standard InChI is InChI=1S/C21H20N8/c1-13-10-14(2)29(26-13)19-11-18(23)25-21-17(8-9-24-19)20(27-28(21)3)16-6-4-15(12-22)5-7-16/h4-11,25H,23H2,1-3H3. The minimum Gasteiger partial charge on any atom is -0.385 e. The van der Waals surface area contributed by atoms with Gasteiger partial charge in [0.2, 0.25) is 0 Å². The Bertz CT molecular complexity index is 1300. The van der Waals surface area contributed by atoms with Gasteiger partial charge in [0.15, 0.2) is 5.82 Å². The molecule has 4 aromatic rings. The number of aryl methyl sites for hydroxylation is 3. The smallest absolute Gasteiger partial charge is 0.157 e. The molecule has 0 bridgehead atoms. The van der Waals surface area contributed by atoms with Crippen LogP contribution in [-0.4, -0.2) is 29.5 Å². The van der Waals surface area contributed by atoms with Crippen molar-refractivity contribution in [2.45, 2.75) is 13.8 Å². The van der Waals surface area contributed by atoms with E-state index in [1.54, 1.807) is 33.8 Å². The molecule has 0 radical (unpaired) electrons. The number of nitrogens with two attached hydrogens (primary N) is 1. The van der Waals surface area contributed by atoms with Gasteiger partial charge in [-0.1, -0.05) is 12.1 Å². The summed E-state index contributed by atoms with van der Waals surface area (Å²) in [5.41, 5.74) is 11.1. The van der Waals surface area contributed by atoms with Gasteiger partial charge in [0.1, 0.15) is 17.2 Å². The molecule has 0 aliphatic heterocycles. The second-order valence-corrected chi connectivity index (χ2v) is 6.79. The number of nitrogens with zero attached hydrogens (tertiary/aromatic N) is 6. The van der Waals surface area contributed by atoms with Crippen LogP contribution in [0.15, 0.2) is 48.7 Å². The fourth-order valence-electron chi connectivity index (χ4n) is 3.28. The maximum absolute atomic E-state index is 9.03. The maximum atomic E-state index is 9.03. The van der Waals surface area contributed by atoms with Gasteiger partial charge < -0.3 is 10.7 Å². The number of nitriles is 1. The van der Waals surface area contributed by atoms with Crippen LogP contribution in [0, 0.1) is 25.2 Å². The zero-order valence-electron chi connectivity index (χ0n) is 16.4. The second kappa shape index (κ2) is 7.13. The molecular formula is C21H20N8. The Kier molecular flexibility index (Phi) is 4.49. The van der Waals surface area contributed by atoms with E-state index in [-0.39, 0.29) is 0 Å². The van der Waals surface area contributed by atoms with Crippen molar-refractivity contribution in [3.63, 3.8) is 0 Å². The zero-order chi connectivity index (χ0) is 20.5. The molecule has 1 aromatic carbocycles. The van der Waals surface area contributed by atoms with Crippen molar-refractivity contribution < 1.29 is 0 Å². The lowest BCUT2D eigenvalue weighted by atomic mass is 10.1. The van der Waals surface area contributed by atoms with Crippen molar-refractivity contribution in [3.8, 4) is 23.1 Å². The van der Waals surface area contributed by atoms with Gasteiger partial charge in [0, 0.05) is 36.0 Å². The van der Waals surface area contributed by atoms with Gasteiger partial charge >= 0.3 is 0 Å². The average Bonchev–Trinajstić information content (AvgIpc) is 3.21. The van der Waals surface area contributed by atoms with Gasteiger partial charge in [-0.25, -0.2) is 9.67 Å². The first-order valence-corrected chi connectivity index (χ1v) is 9.06. The molecule has 3 N–H and O–H groups in total. The minimum atomic E-state index is 0.427. The summed E-state index contributed by atoms with van der Waals surface area (Å²) in [7, 11) is 1.85. The number of benzene rings is 1. The highest BCUT2D eigenvalue weighted by molar-refractivity contribution is 5.91.